The quantitative estimate of drug-likeness (QED) is 0.643. The highest BCUT2D eigenvalue weighted by Gasteiger charge is 2.17. The van der Waals surface area contributed by atoms with Gasteiger partial charge in [0.05, 0.1) is 18.8 Å². The number of nitrogens with one attached hydrogen (secondary N) is 1. The van der Waals surface area contributed by atoms with Gasteiger partial charge in [-0.2, -0.15) is 0 Å². The third-order valence-electron chi connectivity index (χ3n) is 3.96. The maximum absolute atomic E-state index is 9.91. The van der Waals surface area contributed by atoms with E-state index in [1.807, 2.05) is 0 Å². The van der Waals surface area contributed by atoms with E-state index < -0.39 is 6.10 Å². The SMILES string of the molecule is CC(C)CC(C)OCC(O)CNCC(C)N1CCCC1. The Bertz CT molecular complexity index is 243. The standard InChI is InChI=1S/C16H34N2O2/c1-13(2)9-15(4)20-12-16(19)11-17-10-14(3)18-7-5-6-8-18/h13-17,19H,5-12H2,1-4H3. The Kier molecular flexibility index (Phi) is 8.69. The van der Waals surface area contributed by atoms with Crippen molar-refractivity contribution < 1.29 is 9.84 Å². The molecule has 1 saturated heterocycles. The first-order valence-electron chi connectivity index (χ1n) is 8.23. The monoisotopic (exact) mass is 286 g/mol. The molecule has 0 bridgehead atoms. The normalized spacial score (nSPS) is 21.3. The van der Waals surface area contributed by atoms with Gasteiger partial charge in [0, 0.05) is 19.1 Å². The molecule has 0 aromatic rings. The van der Waals surface area contributed by atoms with Crippen LogP contribution in [0.1, 0.15) is 47.0 Å². The van der Waals surface area contributed by atoms with E-state index >= 15 is 0 Å². The highest BCUT2D eigenvalue weighted by molar-refractivity contribution is 4.75. The number of rotatable bonds is 10. The number of hydrogen-bond acceptors (Lipinski definition) is 4. The Labute approximate surface area is 124 Å². The third kappa shape index (κ3) is 7.58. The van der Waals surface area contributed by atoms with Gasteiger partial charge in [0.1, 0.15) is 0 Å². The number of aliphatic hydroxyl groups is 1. The van der Waals surface area contributed by atoms with Gasteiger partial charge in [-0.05, 0) is 52.1 Å². The molecule has 1 fully saturated rings. The molecule has 0 amide bonds. The molecule has 1 aliphatic heterocycles. The predicted molar refractivity (Wildman–Crippen MR) is 84.0 cm³/mol. The Hall–Kier alpha value is -0.160. The molecule has 1 aliphatic rings. The van der Waals surface area contributed by atoms with Crippen molar-refractivity contribution in [1.82, 2.24) is 10.2 Å². The molecule has 0 radical (unpaired) electrons. The molecule has 0 aliphatic carbocycles. The van der Waals surface area contributed by atoms with Crippen LogP contribution in [0.2, 0.25) is 0 Å². The fourth-order valence-electron chi connectivity index (χ4n) is 2.84. The molecule has 1 heterocycles. The van der Waals surface area contributed by atoms with Crippen molar-refractivity contribution in [2.45, 2.75) is 65.2 Å². The topological polar surface area (TPSA) is 44.7 Å². The summed E-state index contributed by atoms with van der Waals surface area (Å²) in [5.74, 6) is 0.640. The van der Waals surface area contributed by atoms with Crippen molar-refractivity contribution in [1.29, 1.82) is 0 Å². The molecule has 0 aromatic carbocycles. The van der Waals surface area contributed by atoms with Crippen LogP contribution in [0.3, 0.4) is 0 Å². The summed E-state index contributed by atoms with van der Waals surface area (Å²) in [7, 11) is 0. The fourth-order valence-corrected chi connectivity index (χ4v) is 2.84. The maximum atomic E-state index is 9.91. The van der Waals surface area contributed by atoms with E-state index in [4.69, 9.17) is 4.74 Å². The highest BCUT2D eigenvalue weighted by atomic mass is 16.5. The summed E-state index contributed by atoms with van der Waals surface area (Å²) in [5.41, 5.74) is 0. The third-order valence-corrected chi connectivity index (χ3v) is 3.96. The average Bonchev–Trinajstić information content (AvgIpc) is 2.89. The molecule has 3 unspecified atom stereocenters. The number of ether oxygens (including phenoxy) is 1. The van der Waals surface area contributed by atoms with Crippen LogP contribution in [0.4, 0.5) is 0 Å². The van der Waals surface area contributed by atoms with E-state index in [1.165, 1.54) is 25.9 Å². The molecule has 120 valence electrons. The van der Waals surface area contributed by atoms with E-state index in [2.05, 4.69) is 37.9 Å². The Morgan fingerprint density at radius 3 is 2.35 bits per heavy atom. The van der Waals surface area contributed by atoms with Crippen molar-refractivity contribution >= 4 is 0 Å². The van der Waals surface area contributed by atoms with Crippen LogP contribution in [0.25, 0.3) is 0 Å². The van der Waals surface area contributed by atoms with Crippen LogP contribution in [-0.4, -0.2) is 61.0 Å². The molecule has 0 spiro atoms. The lowest BCUT2D eigenvalue weighted by atomic mass is 10.1. The molecular formula is C16H34N2O2. The molecule has 3 atom stereocenters. The first kappa shape index (κ1) is 17.9. The lowest BCUT2D eigenvalue weighted by molar-refractivity contribution is -0.00879. The van der Waals surface area contributed by atoms with Gasteiger partial charge in [0.2, 0.25) is 0 Å². The van der Waals surface area contributed by atoms with Crippen LogP contribution in [0.15, 0.2) is 0 Å². The fraction of sp³-hybridized carbons (Fsp3) is 1.00. The van der Waals surface area contributed by atoms with Gasteiger partial charge in [-0.1, -0.05) is 13.8 Å². The summed E-state index contributed by atoms with van der Waals surface area (Å²) in [6.07, 6.45) is 3.53. The van der Waals surface area contributed by atoms with E-state index in [0.717, 1.165) is 13.0 Å². The second-order valence-corrected chi connectivity index (χ2v) is 6.68. The van der Waals surface area contributed by atoms with Gasteiger partial charge < -0.3 is 15.2 Å². The summed E-state index contributed by atoms with van der Waals surface area (Å²) in [4.78, 5) is 2.51. The lowest BCUT2D eigenvalue weighted by Gasteiger charge is -2.24. The predicted octanol–water partition coefficient (Wildman–Crippen LogP) is 1.87. The molecule has 4 heteroatoms. The molecule has 4 nitrogen and oxygen atoms in total. The zero-order valence-corrected chi connectivity index (χ0v) is 13.8. The largest absolute Gasteiger partial charge is 0.389 e. The molecular weight excluding hydrogens is 252 g/mol. The van der Waals surface area contributed by atoms with Gasteiger partial charge in [-0.3, -0.25) is 4.90 Å². The Morgan fingerprint density at radius 1 is 1.10 bits per heavy atom. The maximum Gasteiger partial charge on any atom is 0.0897 e. The average molecular weight is 286 g/mol. The van der Waals surface area contributed by atoms with Gasteiger partial charge in [0.15, 0.2) is 0 Å². The Morgan fingerprint density at radius 2 is 1.75 bits per heavy atom. The molecule has 0 saturated carbocycles. The van der Waals surface area contributed by atoms with E-state index in [1.54, 1.807) is 0 Å². The van der Waals surface area contributed by atoms with E-state index in [-0.39, 0.29) is 6.10 Å². The van der Waals surface area contributed by atoms with Crippen LogP contribution >= 0.6 is 0 Å². The Balaban J connectivity index is 2.03. The molecule has 1 rings (SSSR count). The summed E-state index contributed by atoms with van der Waals surface area (Å²) in [5, 5.41) is 13.3. The zero-order chi connectivity index (χ0) is 15.0. The number of aliphatic hydroxyl groups excluding tert-OH is 1. The van der Waals surface area contributed by atoms with Crippen molar-refractivity contribution in [3.63, 3.8) is 0 Å². The minimum Gasteiger partial charge on any atom is -0.389 e. The van der Waals surface area contributed by atoms with Crippen molar-refractivity contribution in [2.75, 3.05) is 32.8 Å². The van der Waals surface area contributed by atoms with Crippen molar-refractivity contribution in [2.24, 2.45) is 5.92 Å². The first-order valence-corrected chi connectivity index (χ1v) is 8.23. The minimum absolute atomic E-state index is 0.230. The van der Waals surface area contributed by atoms with Crippen LogP contribution in [0, 0.1) is 5.92 Å². The number of likely N-dealkylation sites (tertiary alicyclic amines) is 1. The molecule has 0 aromatic heterocycles. The number of hydrogen-bond donors (Lipinski definition) is 2. The van der Waals surface area contributed by atoms with Crippen molar-refractivity contribution in [3.8, 4) is 0 Å². The van der Waals surface area contributed by atoms with Gasteiger partial charge >= 0.3 is 0 Å². The van der Waals surface area contributed by atoms with Crippen LogP contribution in [-0.2, 0) is 4.74 Å². The second-order valence-electron chi connectivity index (χ2n) is 6.68. The van der Waals surface area contributed by atoms with Gasteiger partial charge in [-0.15, -0.1) is 0 Å². The van der Waals surface area contributed by atoms with Crippen molar-refractivity contribution in [3.05, 3.63) is 0 Å². The summed E-state index contributed by atoms with van der Waals surface area (Å²) >= 11 is 0. The number of nitrogens with zero attached hydrogens (tertiary/aromatic N) is 1. The van der Waals surface area contributed by atoms with Gasteiger partial charge in [0.25, 0.3) is 0 Å². The molecule has 20 heavy (non-hydrogen) atoms. The van der Waals surface area contributed by atoms with Gasteiger partial charge in [-0.25, -0.2) is 0 Å². The zero-order valence-electron chi connectivity index (χ0n) is 13.8. The van der Waals surface area contributed by atoms with E-state index in [9.17, 15) is 5.11 Å². The minimum atomic E-state index is -0.407. The smallest absolute Gasteiger partial charge is 0.0897 e. The first-order chi connectivity index (χ1) is 9.49. The summed E-state index contributed by atoms with van der Waals surface area (Å²) in [6, 6.07) is 0.561. The summed E-state index contributed by atoms with van der Waals surface area (Å²) in [6.45, 7) is 13.2. The second kappa shape index (κ2) is 9.72. The van der Waals surface area contributed by atoms with Crippen LogP contribution in [0.5, 0.6) is 0 Å². The summed E-state index contributed by atoms with van der Waals surface area (Å²) < 4.78 is 5.67. The molecule has 2 N–H and O–H groups in total. The van der Waals surface area contributed by atoms with Crippen LogP contribution < -0.4 is 5.32 Å². The lowest BCUT2D eigenvalue weighted by Crippen LogP contribution is -2.41. The highest BCUT2D eigenvalue weighted by Crippen LogP contribution is 2.10. The van der Waals surface area contributed by atoms with E-state index in [0.29, 0.717) is 25.1 Å².